The van der Waals surface area contributed by atoms with Gasteiger partial charge in [-0.2, -0.15) is 10.4 Å². The van der Waals surface area contributed by atoms with Crippen molar-refractivity contribution in [2.45, 2.75) is 75.9 Å². The number of anilines is 1. The maximum absolute atomic E-state index is 14.2. The Kier molecular flexibility index (Phi) is 5.23. The third-order valence-corrected chi connectivity index (χ3v) is 8.39. The fraction of sp³-hybridized carbons (Fsp3) is 0.536. The van der Waals surface area contributed by atoms with Gasteiger partial charge in [0.2, 0.25) is 11.8 Å². The Morgan fingerprint density at radius 2 is 2.03 bits per heavy atom. The SMILES string of the molecule is CC(C)(C)n1cc2c(n1)C(=O)N([C@@H](CC1CC1)C(=O)N1C[C@]3(C[C@H]1C#N)C(=O)Nc1ccccc13)CC2. The fourth-order valence-corrected chi connectivity index (χ4v) is 6.10. The van der Waals surface area contributed by atoms with Gasteiger partial charge in [-0.25, -0.2) is 0 Å². The average Bonchev–Trinajstić information content (AvgIpc) is 3.32. The number of nitrogens with zero attached hydrogens (tertiary/aromatic N) is 5. The topological polar surface area (TPSA) is 111 Å². The van der Waals surface area contributed by atoms with Gasteiger partial charge in [0.05, 0.1) is 17.0 Å². The van der Waals surface area contributed by atoms with Gasteiger partial charge in [0.1, 0.15) is 12.1 Å². The zero-order valence-corrected chi connectivity index (χ0v) is 21.5. The van der Waals surface area contributed by atoms with E-state index in [1.54, 1.807) is 9.80 Å². The van der Waals surface area contributed by atoms with Crippen LogP contribution in [0.25, 0.3) is 0 Å². The van der Waals surface area contributed by atoms with Crippen LogP contribution in [-0.2, 0) is 27.0 Å². The van der Waals surface area contributed by atoms with Gasteiger partial charge < -0.3 is 15.1 Å². The molecule has 4 aliphatic rings. The van der Waals surface area contributed by atoms with Crippen molar-refractivity contribution in [1.29, 1.82) is 5.26 Å². The molecule has 0 radical (unpaired) electrons. The zero-order valence-electron chi connectivity index (χ0n) is 21.5. The van der Waals surface area contributed by atoms with Gasteiger partial charge in [-0.3, -0.25) is 19.1 Å². The second-order valence-corrected chi connectivity index (χ2v) is 12.0. The van der Waals surface area contributed by atoms with E-state index < -0.39 is 17.5 Å². The van der Waals surface area contributed by atoms with Crippen LogP contribution in [0.5, 0.6) is 0 Å². The predicted molar refractivity (Wildman–Crippen MR) is 136 cm³/mol. The molecule has 9 heteroatoms. The summed E-state index contributed by atoms with van der Waals surface area (Å²) in [6.07, 6.45) is 5.47. The number of likely N-dealkylation sites (tertiary alicyclic amines) is 1. The van der Waals surface area contributed by atoms with E-state index in [0.717, 1.165) is 29.7 Å². The van der Waals surface area contributed by atoms with Gasteiger partial charge in [-0.05, 0) is 51.2 Å². The molecule has 1 saturated carbocycles. The van der Waals surface area contributed by atoms with Crippen molar-refractivity contribution in [2.75, 3.05) is 18.4 Å². The summed E-state index contributed by atoms with van der Waals surface area (Å²) >= 11 is 0. The van der Waals surface area contributed by atoms with Crippen LogP contribution in [0, 0.1) is 17.2 Å². The first-order valence-corrected chi connectivity index (χ1v) is 13.1. The Balaban J connectivity index is 1.32. The largest absolute Gasteiger partial charge is 0.325 e. The van der Waals surface area contributed by atoms with Crippen LogP contribution in [-0.4, -0.2) is 62.5 Å². The highest BCUT2D eigenvalue weighted by atomic mass is 16.2. The summed E-state index contributed by atoms with van der Waals surface area (Å²) in [6, 6.07) is 8.37. The first kappa shape index (κ1) is 23.7. The number of carbonyl (C=O) groups excluding carboxylic acids is 3. The molecule has 4 heterocycles. The van der Waals surface area contributed by atoms with E-state index in [1.807, 2.05) is 55.9 Å². The van der Waals surface area contributed by atoms with Gasteiger partial charge in [0, 0.05) is 37.0 Å². The number of nitriles is 1. The highest BCUT2D eigenvalue weighted by Crippen LogP contribution is 2.47. The number of nitrogens with one attached hydrogen (secondary N) is 1. The minimum Gasteiger partial charge on any atom is -0.325 e. The van der Waals surface area contributed by atoms with Crippen molar-refractivity contribution in [1.82, 2.24) is 19.6 Å². The molecule has 1 spiro atoms. The summed E-state index contributed by atoms with van der Waals surface area (Å²) < 4.78 is 1.82. The first-order valence-electron chi connectivity index (χ1n) is 13.1. The van der Waals surface area contributed by atoms with E-state index in [-0.39, 0.29) is 36.2 Å². The molecule has 1 aromatic carbocycles. The fourth-order valence-electron chi connectivity index (χ4n) is 6.10. The molecule has 1 aromatic heterocycles. The van der Waals surface area contributed by atoms with E-state index in [9.17, 15) is 19.6 Å². The maximum Gasteiger partial charge on any atom is 0.275 e. The molecule has 0 bridgehead atoms. The summed E-state index contributed by atoms with van der Waals surface area (Å²) in [5.41, 5.74) is 1.69. The molecule has 2 fully saturated rings. The van der Waals surface area contributed by atoms with E-state index in [4.69, 9.17) is 0 Å². The van der Waals surface area contributed by atoms with Crippen LogP contribution in [0.1, 0.15) is 68.1 Å². The van der Waals surface area contributed by atoms with Gasteiger partial charge in [-0.15, -0.1) is 0 Å². The number of amides is 3. The predicted octanol–water partition coefficient (Wildman–Crippen LogP) is 2.82. The molecule has 3 amide bonds. The van der Waals surface area contributed by atoms with E-state index in [1.165, 1.54) is 0 Å². The molecule has 1 N–H and O–H groups in total. The lowest BCUT2D eigenvalue weighted by atomic mass is 9.80. The number of para-hydroxylation sites is 1. The Bertz CT molecular complexity index is 1350. The lowest BCUT2D eigenvalue weighted by Gasteiger charge is -2.36. The molecule has 2 aromatic rings. The van der Waals surface area contributed by atoms with Crippen molar-refractivity contribution >= 4 is 23.4 Å². The number of aromatic nitrogens is 2. The monoisotopic (exact) mass is 500 g/mol. The quantitative estimate of drug-likeness (QED) is 0.694. The number of rotatable bonds is 4. The van der Waals surface area contributed by atoms with Gasteiger partial charge in [0.15, 0.2) is 5.69 Å². The number of hydrogen-bond donors (Lipinski definition) is 1. The Labute approximate surface area is 216 Å². The summed E-state index contributed by atoms with van der Waals surface area (Å²) in [7, 11) is 0. The van der Waals surface area contributed by atoms with Gasteiger partial charge in [-0.1, -0.05) is 31.0 Å². The number of hydrogen-bond acceptors (Lipinski definition) is 5. The second kappa shape index (κ2) is 8.17. The normalized spacial score (nSPS) is 25.6. The lowest BCUT2D eigenvalue weighted by Crippen LogP contribution is -2.54. The summed E-state index contributed by atoms with van der Waals surface area (Å²) in [4.78, 5) is 44.3. The Morgan fingerprint density at radius 3 is 2.73 bits per heavy atom. The second-order valence-electron chi connectivity index (χ2n) is 12.0. The van der Waals surface area contributed by atoms with Crippen LogP contribution in [0.15, 0.2) is 30.5 Å². The third kappa shape index (κ3) is 3.73. The zero-order chi connectivity index (χ0) is 26.1. The molecule has 0 unspecified atom stereocenters. The third-order valence-electron chi connectivity index (χ3n) is 8.39. The average molecular weight is 501 g/mol. The van der Waals surface area contributed by atoms with Crippen molar-refractivity contribution in [3.05, 3.63) is 47.3 Å². The molecular weight excluding hydrogens is 468 g/mol. The van der Waals surface area contributed by atoms with Crippen LogP contribution in [0.2, 0.25) is 0 Å². The Hall–Kier alpha value is -3.67. The van der Waals surface area contributed by atoms with Gasteiger partial charge in [0.25, 0.3) is 5.91 Å². The number of fused-ring (bicyclic) bond motifs is 3. The van der Waals surface area contributed by atoms with E-state index >= 15 is 0 Å². The minimum absolute atomic E-state index is 0.139. The van der Waals surface area contributed by atoms with Crippen LogP contribution in [0.3, 0.4) is 0 Å². The van der Waals surface area contributed by atoms with Gasteiger partial charge >= 0.3 is 0 Å². The van der Waals surface area contributed by atoms with Crippen LogP contribution < -0.4 is 5.32 Å². The van der Waals surface area contributed by atoms with E-state index in [0.29, 0.717) is 31.0 Å². The summed E-state index contributed by atoms with van der Waals surface area (Å²) in [5.74, 6) is -0.244. The summed E-state index contributed by atoms with van der Waals surface area (Å²) in [6.45, 7) is 6.69. The molecule has 3 atom stereocenters. The molecule has 9 nitrogen and oxygen atoms in total. The standard InChI is InChI=1S/C28H32N6O3/c1-27(2,3)34-15-18-10-11-32(25(36)23(18)31-34)22(12-17-8-9-17)24(35)33-16-28(13-19(33)14-29)20-6-4-5-7-21(20)30-26(28)37/h4-7,15,17,19,22H,8-13,16H2,1-3H3,(H,30,37)/t19-,22-,28-/m0/s1. The smallest absolute Gasteiger partial charge is 0.275 e. The van der Waals surface area contributed by atoms with Crippen molar-refractivity contribution in [3.63, 3.8) is 0 Å². The first-order chi connectivity index (χ1) is 17.6. The van der Waals surface area contributed by atoms with Crippen LogP contribution >= 0.6 is 0 Å². The lowest BCUT2D eigenvalue weighted by molar-refractivity contribution is -0.137. The Morgan fingerprint density at radius 1 is 1.27 bits per heavy atom. The van der Waals surface area contributed by atoms with E-state index in [2.05, 4.69) is 16.5 Å². The highest BCUT2D eigenvalue weighted by molar-refractivity contribution is 6.07. The molecule has 6 rings (SSSR count). The molecule has 3 aliphatic heterocycles. The number of carbonyl (C=O) groups is 3. The van der Waals surface area contributed by atoms with Crippen molar-refractivity contribution < 1.29 is 14.4 Å². The molecular formula is C28H32N6O3. The molecule has 192 valence electrons. The molecule has 1 aliphatic carbocycles. The highest BCUT2D eigenvalue weighted by Gasteiger charge is 2.57. The summed E-state index contributed by atoms with van der Waals surface area (Å²) in [5, 5.41) is 17.6. The maximum atomic E-state index is 14.2. The number of benzene rings is 1. The molecule has 1 saturated heterocycles. The van der Waals surface area contributed by atoms with Crippen LogP contribution in [0.4, 0.5) is 5.69 Å². The molecule has 37 heavy (non-hydrogen) atoms. The minimum atomic E-state index is -0.943. The van der Waals surface area contributed by atoms with Crippen molar-refractivity contribution in [3.8, 4) is 6.07 Å². The van der Waals surface area contributed by atoms with Crippen molar-refractivity contribution in [2.24, 2.45) is 5.92 Å².